The SMILES string of the molecule is C/C=C/C(F)=C\C(F)=C/C. The summed E-state index contributed by atoms with van der Waals surface area (Å²) < 4.78 is 24.6. The molecule has 0 fully saturated rings. The lowest BCUT2D eigenvalue weighted by Crippen LogP contribution is -1.67. The van der Waals surface area contributed by atoms with Crippen LogP contribution < -0.4 is 0 Å². The van der Waals surface area contributed by atoms with E-state index >= 15 is 0 Å². The van der Waals surface area contributed by atoms with Crippen molar-refractivity contribution in [1.29, 1.82) is 0 Å². The number of hydrogen-bond donors (Lipinski definition) is 0. The summed E-state index contributed by atoms with van der Waals surface area (Å²) in [6.45, 7) is 3.18. The van der Waals surface area contributed by atoms with E-state index in [1.54, 1.807) is 6.92 Å². The van der Waals surface area contributed by atoms with Crippen LogP contribution in [0.25, 0.3) is 0 Å². The van der Waals surface area contributed by atoms with E-state index < -0.39 is 11.7 Å². The second-order valence-corrected chi connectivity index (χ2v) is 1.70. The Morgan fingerprint density at radius 1 is 1.10 bits per heavy atom. The van der Waals surface area contributed by atoms with Crippen molar-refractivity contribution in [2.75, 3.05) is 0 Å². The Kier molecular flexibility index (Phi) is 4.46. The summed E-state index contributed by atoms with van der Waals surface area (Å²) in [5.74, 6) is -1.13. The van der Waals surface area contributed by atoms with Crippen molar-refractivity contribution in [1.82, 2.24) is 0 Å². The van der Waals surface area contributed by atoms with Gasteiger partial charge in [-0.1, -0.05) is 12.2 Å². The highest BCUT2D eigenvalue weighted by atomic mass is 19.1. The quantitative estimate of drug-likeness (QED) is 0.521. The van der Waals surface area contributed by atoms with Crippen LogP contribution in [0.1, 0.15) is 13.8 Å². The van der Waals surface area contributed by atoms with E-state index in [9.17, 15) is 8.78 Å². The molecule has 0 heterocycles. The maximum atomic E-state index is 12.3. The summed E-state index contributed by atoms with van der Waals surface area (Å²) >= 11 is 0. The summed E-state index contributed by atoms with van der Waals surface area (Å²) in [6, 6.07) is 0. The molecule has 0 aliphatic rings. The average molecular weight is 144 g/mol. The van der Waals surface area contributed by atoms with Gasteiger partial charge in [0, 0.05) is 6.08 Å². The molecule has 0 atom stereocenters. The van der Waals surface area contributed by atoms with E-state index in [4.69, 9.17) is 0 Å². The molecule has 0 aromatic heterocycles. The van der Waals surface area contributed by atoms with Gasteiger partial charge in [-0.2, -0.15) is 0 Å². The molecule has 0 aromatic rings. The van der Waals surface area contributed by atoms with Crippen molar-refractivity contribution >= 4 is 0 Å². The summed E-state index contributed by atoms with van der Waals surface area (Å²) in [5.41, 5.74) is 0. The Morgan fingerprint density at radius 3 is 2.10 bits per heavy atom. The first-order valence-electron chi connectivity index (χ1n) is 3.02. The van der Waals surface area contributed by atoms with Crippen LogP contribution in [0.4, 0.5) is 8.78 Å². The van der Waals surface area contributed by atoms with Crippen molar-refractivity contribution in [2.24, 2.45) is 0 Å². The molecule has 0 radical (unpaired) electrons. The topological polar surface area (TPSA) is 0 Å². The van der Waals surface area contributed by atoms with Gasteiger partial charge in [-0.25, -0.2) is 8.78 Å². The molecule has 10 heavy (non-hydrogen) atoms. The first kappa shape index (κ1) is 9.08. The van der Waals surface area contributed by atoms with Crippen molar-refractivity contribution in [3.05, 3.63) is 36.0 Å². The largest absolute Gasteiger partial charge is 0.207 e. The van der Waals surface area contributed by atoms with Gasteiger partial charge in [0.25, 0.3) is 0 Å². The Labute approximate surface area is 59.6 Å². The van der Waals surface area contributed by atoms with Crippen LogP contribution in [0.2, 0.25) is 0 Å². The molecule has 0 spiro atoms. The van der Waals surface area contributed by atoms with Gasteiger partial charge in [0.1, 0.15) is 11.7 Å². The fourth-order valence-corrected chi connectivity index (χ4v) is 0.422. The summed E-state index contributed by atoms with van der Waals surface area (Å²) in [4.78, 5) is 0. The van der Waals surface area contributed by atoms with Gasteiger partial charge in [0.2, 0.25) is 0 Å². The third kappa shape index (κ3) is 4.01. The highest BCUT2D eigenvalue weighted by Gasteiger charge is 1.88. The van der Waals surface area contributed by atoms with Crippen LogP contribution in [0.15, 0.2) is 36.0 Å². The minimum absolute atomic E-state index is 0.560. The van der Waals surface area contributed by atoms with Crippen molar-refractivity contribution < 1.29 is 8.78 Å². The lowest BCUT2D eigenvalue weighted by atomic mass is 10.4. The van der Waals surface area contributed by atoms with E-state index in [0.29, 0.717) is 0 Å². The fourth-order valence-electron chi connectivity index (χ4n) is 0.422. The summed E-state index contributed by atoms with van der Waals surface area (Å²) in [7, 11) is 0. The Hall–Kier alpha value is -0.920. The molecule has 0 aromatic carbocycles. The van der Waals surface area contributed by atoms with Crippen LogP contribution in [-0.4, -0.2) is 0 Å². The first-order valence-corrected chi connectivity index (χ1v) is 3.02. The Bertz CT molecular complexity index is 176. The zero-order valence-electron chi connectivity index (χ0n) is 6.07. The minimum Gasteiger partial charge on any atom is -0.207 e. The smallest absolute Gasteiger partial charge is 0.125 e. The van der Waals surface area contributed by atoms with E-state index in [1.807, 2.05) is 0 Å². The molecule has 0 rings (SSSR count). The highest BCUT2D eigenvalue weighted by Crippen LogP contribution is 2.05. The lowest BCUT2D eigenvalue weighted by Gasteiger charge is -1.84. The zero-order chi connectivity index (χ0) is 7.98. The van der Waals surface area contributed by atoms with Gasteiger partial charge < -0.3 is 0 Å². The third-order valence-electron chi connectivity index (χ3n) is 0.877. The zero-order valence-corrected chi connectivity index (χ0v) is 6.07. The fraction of sp³-hybridized carbons (Fsp3) is 0.250. The van der Waals surface area contributed by atoms with Gasteiger partial charge in [0.15, 0.2) is 0 Å². The van der Waals surface area contributed by atoms with E-state index in [-0.39, 0.29) is 0 Å². The molecule has 0 saturated heterocycles. The first-order chi connectivity index (χ1) is 4.70. The standard InChI is InChI=1S/C8H10F2/c1-3-5-8(10)6-7(9)4-2/h3-6H,1-2H3/b5-3+,7-4+,8-6+. The maximum Gasteiger partial charge on any atom is 0.125 e. The average Bonchev–Trinajstić information content (AvgIpc) is 1.88. The molecule has 0 bridgehead atoms. The van der Waals surface area contributed by atoms with Crippen LogP contribution in [0.5, 0.6) is 0 Å². The predicted molar refractivity (Wildman–Crippen MR) is 38.9 cm³/mol. The number of hydrogen-bond acceptors (Lipinski definition) is 0. The van der Waals surface area contributed by atoms with Gasteiger partial charge in [-0.05, 0) is 19.9 Å². The molecule has 0 aliphatic carbocycles. The Balaban J connectivity index is 4.16. The van der Waals surface area contributed by atoms with Gasteiger partial charge in [-0.15, -0.1) is 0 Å². The molecule has 0 nitrogen and oxygen atoms in total. The third-order valence-corrected chi connectivity index (χ3v) is 0.877. The summed E-state index contributed by atoms with van der Waals surface area (Å²) in [6.07, 6.45) is 4.74. The highest BCUT2D eigenvalue weighted by molar-refractivity contribution is 5.20. The molecule has 2 heteroatoms. The molecule has 0 unspecified atom stereocenters. The Morgan fingerprint density at radius 2 is 1.70 bits per heavy atom. The van der Waals surface area contributed by atoms with Crippen LogP contribution in [0.3, 0.4) is 0 Å². The molecule has 0 aliphatic heterocycles. The van der Waals surface area contributed by atoms with Crippen molar-refractivity contribution in [2.45, 2.75) is 13.8 Å². The normalized spacial score (nSPS) is 14.8. The van der Waals surface area contributed by atoms with Gasteiger partial charge in [0.05, 0.1) is 0 Å². The van der Waals surface area contributed by atoms with Crippen molar-refractivity contribution in [3.63, 3.8) is 0 Å². The van der Waals surface area contributed by atoms with Crippen LogP contribution in [0, 0.1) is 0 Å². The number of allylic oxidation sites excluding steroid dienone is 6. The van der Waals surface area contributed by atoms with Gasteiger partial charge in [-0.3, -0.25) is 0 Å². The predicted octanol–water partition coefficient (Wildman–Crippen LogP) is 3.29. The number of halogens is 2. The second-order valence-electron chi connectivity index (χ2n) is 1.70. The molecular formula is C8H10F2. The maximum absolute atomic E-state index is 12.3. The molecule has 0 saturated carbocycles. The molecule has 56 valence electrons. The van der Waals surface area contributed by atoms with Crippen LogP contribution >= 0.6 is 0 Å². The molecular weight excluding hydrogens is 134 g/mol. The lowest BCUT2D eigenvalue weighted by molar-refractivity contribution is 0.630. The minimum atomic E-state index is -0.571. The van der Waals surface area contributed by atoms with E-state index in [1.165, 1.54) is 25.2 Å². The van der Waals surface area contributed by atoms with E-state index in [2.05, 4.69) is 0 Å². The molecule has 0 amide bonds. The van der Waals surface area contributed by atoms with Crippen molar-refractivity contribution in [3.8, 4) is 0 Å². The summed E-state index contributed by atoms with van der Waals surface area (Å²) in [5, 5.41) is 0. The van der Waals surface area contributed by atoms with Crippen LogP contribution in [-0.2, 0) is 0 Å². The molecule has 0 N–H and O–H groups in total. The van der Waals surface area contributed by atoms with E-state index in [0.717, 1.165) is 6.08 Å². The monoisotopic (exact) mass is 144 g/mol. The van der Waals surface area contributed by atoms with Gasteiger partial charge >= 0.3 is 0 Å². The number of rotatable bonds is 2. The second kappa shape index (κ2) is 4.91.